The molecule has 0 saturated carbocycles. The van der Waals surface area contributed by atoms with E-state index in [9.17, 15) is 0 Å². The number of hydrogen-bond acceptors (Lipinski definition) is 6. The Balaban J connectivity index is 1.75. The van der Waals surface area contributed by atoms with Crippen LogP contribution in [-0.2, 0) is 11.3 Å². The van der Waals surface area contributed by atoms with Crippen molar-refractivity contribution in [2.24, 2.45) is 5.92 Å². The number of aromatic nitrogens is 4. The lowest BCUT2D eigenvalue weighted by Crippen LogP contribution is -2.46. The summed E-state index contributed by atoms with van der Waals surface area (Å²) in [4.78, 5) is 4.94. The molecule has 7 heteroatoms. The average Bonchev–Trinajstić information content (AvgIpc) is 3.18. The topological polar surface area (TPSA) is 59.3 Å². The third-order valence-electron chi connectivity index (χ3n) is 4.93. The summed E-state index contributed by atoms with van der Waals surface area (Å²) in [6.45, 7) is 10.6. The Labute approximate surface area is 139 Å². The van der Waals surface area contributed by atoms with Gasteiger partial charge in [-0.1, -0.05) is 13.8 Å². The van der Waals surface area contributed by atoms with Gasteiger partial charge in [0.05, 0.1) is 18.7 Å². The molecule has 0 aliphatic carbocycles. The van der Waals surface area contributed by atoms with E-state index in [1.54, 1.807) is 0 Å². The highest BCUT2D eigenvalue weighted by Gasteiger charge is 2.30. The fraction of sp³-hybridized carbons (Fsp3) is 0.938. The van der Waals surface area contributed by atoms with Crippen molar-refractivity contribution >= 4 is 0 Å². The van der Waals surface area contributed by atoms with Gasteiger partial charge < -0.3 is 9.64 Å². The van der Waals surface area contributed by atoms with Gasteiger partial charge >= 0.3 is 0 Å². The maximum absolute atomic E-state index is 5.76. The zero-order valence-electron chi connectivity index (χ0n) is 14.7. The van der Waals surface area contributed by atoms with E-state index < -0.39 is 0 Å². The number of likely N-dealkylation sites (N-methyl/N-ethyl adjacent to an activating group) is 1. The van der Waals surface area contributed by atoms with Gasteiger partial charge in [0.25, 0.3) is 0 Å². The molecule has 1 aromatic rings. The summed E-state index contributed by atoms with van der Waals surface area (Å²) in [7, 11) is 2.19. The molecule has 3 heterocycles. The van der Waals surface area contributed by atoms with Crippen LogP contribution in [0.3, 0.4) is 0 Å². The molecule has 7 nitrogen and oxygen atoms in total. The van der Waals surface area contributed by atoms with Crippen LogP contribution >= 0.6 is 0 Å². The molecule has 0 aromatic carbocycles. The largest absolute Gasteiger partial charge is 0.376 e. The van der Waals surface area contributed by atoms with Crippen LogP contribution < -0.4 is 0 Å². The lowest BCUT2D eigenvalue weighted by Gasteiger charge is -2.38. The zero-order chi connectivity index (χ0) is 16.2. The van der Waals surface area contributed by atoms with Crippen molar-refractivity contribution in [3.63, 3.8) is 0 Å². The highest BCUT2D eigenvalue weighted by Crippen LogP contribution is 2.27. The van der Waals surface area contributed by atoms with Crippen molar-refractivity contribution < 1.29 is 4.74 Å². The lowest BCUT2D eigenvalue weighted by molar-refractivity contribution is 0.0789. The second kappa shape index (κ2) is 7.68. The summed E-state index contributed by atoms with van der Waals surface area (Å²) in [5.41, 5.74) is 0. The molecular weight excluding hydrogens is 292 g/mol. The summed E-state index contributed by atoms with van der Waals surface area (Å²) in [6.07, 6.45) is 3.62. The number of tetrazole rings is 1. The maximum Gasteiger partial charge on any atom is 0.168 e. The van der Waals surface area contributed by atoms with Gasteiger partial charge in [-0.25, -0.2) is 4.68 Å². The van der Waals surface area contributed by atoms with Crippen molar-refractivity contribution in [3.8, 4) is 0 Å². The van der Waals surface area contributed by atoms with Gasteiger partial charge in [0.15, 0.2) is 5.82 Å². The van der Waals surface area contributed by atoms with Gasteiger partial charge in [-0.05, 0) is 42.7 Å². The van der Waals surface area contributed by atoms with Crippen molar-refractivity contribution in [1.29, 1.82) is 0 Å². The van der Waals surface area contributed by atoms with E-state index in [0.29, 0.717) is 12.0 Å². The number of ether oxygens (including phenoxy) is 1. The van der Waals surface area contributed by atoms with Crippen LogP contribution in [0.4, 0.5) is 0 Å². The number of piperazine rings is 1. The van der Waals surface area contributed by atoms with E-state index in [0.717, 1.165) is 64.4 Å². The molecule has 2 aliphatic heterocycles. The van der Waals surface area contributed by atoms with Gasteiger partial charge in [0, 0.05) is 32.8 Å². The van der Waals surface area contributed by atoms with Crippen LogP contribution in [0.5, 0.6) is 0 Å². The van der Waals surface area contributed by atoms with Crippen molar-refractivity contribution in [2.75, 3.05) is 39.8 Å². The summed E-state index contributed by atoms with van der Waals surface area (Å²) in [6, 6.07) is 0.306. The second-order valence-corrected chi connectivity index (χ2v) is 7.34. The lowest BCUT2D eigenvalue weighted by atomic mass is 10.0. The van der Waals surface area contributed by atoms with Gasteiger partial charge in [-0.3, -0.25) is 4.90 Å². The van der Waals surface area contributed by atoms with E-state index >= 15 is 0 Å². The van der Waals surface area contributed by atoms with Crippen LogP contribution in [0.2, 0.25) is 0 Å². The normalized spacial score (nSPS) is 25.3. The average molecular weight is 322 g/mol. The molecule has 2 saturated heterocycles. The molecule has 0 N–H and O–H groups in total. The quantitative estimate of drug-likeness (QED) is 0.784. The minimum Gasteiger partial charge on any atom is -0.376 e. The van der Waals surface area contributed by atoms with E-state index in [1.807, 2.05) is 4.68 Å². The smallest absolute Gasteiger partial charge is 0.168 e. The van der Waals surface area contributed by atoms with E-state index in [4.69, 9.17) is 4.74 Å². The summed E-state index contributed by atoms with van der Waals surface area (Å²) >= 11 is 0. The Kier molecular flexibility index (Phi) is 5.61. The molecular formula is C16H30N6O. The van der Waals surface area contributed by atoms with Gasteiger partial charge in [-0.15, -0.1) is 5.10 Å². The molecule has 0 spiro atoms. The van der Waals surface area contributed by atoms with Crippen LogP contribution in [0, 0.1) is 5.92 Å². The number of rotatable bonds is 6. The van der Waals surface area contributed by atoms with Crippen molar-refractivity contribution in [3.05, 3.63) is 5.82 Å². The standard InChI is InChI=1S/C16H30N6O/c1-13(2)11-15(21-8-6-20(3)7-9-21)16-17-18-19-22(16)12-14-5-4-10-23-14/h13-15H,4-12H2,1-3H3/t14-,15+/m1/s1. The monoisotopic (exact) mass is 322 g/mol. The predicted molar refractivity (Wildman–Crippen MR) is 88.1 cm³/mol. The highest BCUT2D eigenvalue weighted by molar-refractivity contribution is 4.96. The predicted octanol–water partition coefficient (Wildman–Crippen LogP) is 1.19. The molecule has 0 radical (unpaired) electrons. The fourth-order valence-electron chi connectivity index (χ4n) is 3.56. The molecule has 0 amide bonds. The van der Waals surface area contributed by atoms with Crippen LogP contribution in [0.1, 0.15) is 45.0 Å². The minimum absolute atomic E-state index is 0.268. The zero-order valence-corrected chi connectivity index (χ0v) is 14.7. The first-order chi connectivity index (χ1) is 11.1. The fourth-order valence-corrected chi connectivity index (χ4v) is 3.56. The van der Waals surface area contributed by atoms with Crippen LogP contribution in [0.15, 0.2) is 0 Å². The van der Waals surface area contributed by atoms with Gasteiger partial charge in [0.1, 0.15) is 0 Å². The third-order valence-corrected chi connectivity index (χ3v) is 4.93. The Morgan fingerprint density at radius 2 is 2.00 bits per heavy atom. The third kappa shape index (κ3) is 4.28. The highest BCUT2D eigenvalue weighted by atomic mass is 16.5. The second-order valence-electron chi connectivity index (χ2n) is 7.34. The van der Waals surface area contributed by atoms with Crippen LogP contribution in [-0.4, -0.2) is 75.9 Å². The SMILES string of the molecule is CC(C)C[C@@H](c1nnnn1C[C@H]1CCCO1)N1CCN(C)CC1. The molecule has 2 atom stereocenters. The molecule has 23 heavy (non-hydrogen) atoms. The van der Waals surface area contributed by atoms with E-state index in [2.05, 4.69) is 46.2 Å². The molecule has 130 valence electrons. The van der Waals surface area contributed by atoms with E-state index in [-0.39, 0.29) is 6.10 Å². The first-order valence-corrected chi connectivity index (χ1v) is 8.93. The Morgan fingerprint density at radius 3 is 2.65 bits per heavy atom. The first-order valence-electron chi connectivity index (χ1n) is 8.93. The van der Waals surface area contributed by atoms with Gasteiger partial charge in [0.2, 0.25) is 0 Å². The summed E-state index contributed by atoms with van der Waals surface area (Å²) in [5.74, 6) is 1.63. The van der Waals surface area contributed by atoms with Gasteiger partial charge in [-0.2, -0.15) is 0 Å². The first kappa shape index (κ1) is 16.8. The number of nitrogens with zero attached hydrogens (tertiary/aromatic N) is 6. The Morgan fingerprint density at radius 1 is 1.22 bits per heavy atom. The Hall–Kier alpha value is -1.05. The summed E-state index contributed by atoms with van der Waals surface area (Å²) in [5, 5.41) is 12.6. The molecule has 1 aromatic heterocycles. The maximum atomic E-state index is 5.76. The van der Waals surface area contributed by atoms with Crippen molar-refractivity contribution in [1.82, 2.24) is 30.0 Å². The molecule has 2 aliphatic rings. The minimum atomic E-state index is 0.268. The molecule has 0 bridgehead atoms. The molecule has 2 fully saturated rings. The molecule has 3 rings (SSSR count). The Bertz CT molecular complexity index is 477. The number of hydrogen-bond donors (Lipinski definition) is 0. The summed E-state index contributed by atoms with van der Waals surface area (Å²) < 4.78 is 7.75. The van der Waals surface area contributed by atoms with Crippen molar-refractivity contribution in [2.45, 2.75) is 51.8 Å². The molecule has 0 unspecified atom stereocenters. The van der Waals surface area contributed by atoms with Crippen LogP contribution in [0.25, 0.3) is 0 Å². The van der Waals surface area contributed by atoms with E-state index in [1.165, 1.54) is 0 Å².